The number of aliphatic hydroxyl groups is 1. The minimum atomic E-state index is -1.71. The van der Waals surface area contributed by atoms with Gasteiger partial charge >= 0.3 is 11.9 Å². The number of nitrogens with two attached hydrogens (primary N) is 1. The molecule has 0 saturated carbocycles. The second kappa shape index (κ2) is 12.4. The van der Waals surface area contributed by atoms with Crippen LogP contribution in [0.5, 0.6) is 0 Å². The van der Waals surface area contributed by atoms with Crippen molar-refractivity contribution in [3.8, 4) is 0 Å². The van der Waals surface area contributed by atoms with Gasteiger partial charge in [0.05, 0.1) is 18.6 Å². The van der Waals surface area contributed by atoms with E-state index in [4.69, 9.17) is 15.9 Å². The van der Waals surface area contributed by atoms with Gasteiger partial charge in [0.2, 0.25) is 17.7 Å². The van der Waals surface area contributed by atoms with E-state index < -0.39 is 66.4 Å². The lowest BCUT2D eigenvalue weighted by Crippen LogP contribution is -2.59. The lowest BCUT2D eigenvalue weighted by atomic mass is 10.1. The lowest BCUT2D eigenvalue weighted by molar-refractivity contribution is -0.146. The summed E-state index contributed by atoms with van der Waals surface area (Å²) in [6, 6.07) is -5.62. The predicted molar refractivity (Wildman–Crippen MR) is 103 cm³/mol. The molecular weight excluding hydrogens is 416 g/mol. The molecule has 0 bridgehead atoms. The molecule has 5 atom stereocenters. The average molecular weight is 441 g/mol. The molecule has 0 aromatic heterocycles. The van der Waals surface area contributed by atoms with Crippen molar-refractivity contribution in [1.29, 1.82) is 0 Å². The summed E-state index contributed by atoms with van der Waals surface area (Å²) in [6.45, 7) is 1.11. The number of rotatable bonds is 12. The molecule has 0 aromatic rings. The third-order valence-corrected chi connectivity index (χ3v) is 4.17. The van der Waals surface area contributed by atoms with Crippen LogP contribution in [0.3, 0.4) is 0 Å². The third-order valence-electron chi connectivity index (χ3n) is 3.41. The van der Waals surface area contributed by atoms with Crippen LogP contribution in [0, 0.1) is 0 Å². The van der Waals surface area contributed by atoms with Gasteiger partial charge in [0.1, 0.15) is 12.1 Å². The van der Waals surface area contributed by atoms with Gasteiger partial charge in [-0.3, -0.25) is 19.2 Å². The number of aliphatic hydroxyl groups excluding tert-OH is 1. The Bertz CT molecular complexity index is 604. The Hall–Kier alpha value is -2.03. The molecule has 0 aliphatic carbocycles. The molecule has 0 spiro atoms. The highest BCUT2D eigenvalue weighted by Gasteiger charge is 2.32. The van der Waals surface area contributed by atoms with E-state index in [1.54, 1.807) is 0 Å². The maximum atomic E-state index is 12.3. The molecule has 0 aromatic carbocycles. The van der Waals surface area contributed by atoms with Crippen LogP contribution < -0.4 is 21.7 Å². The van der Waals surface area contributed by atoms with E-state index >= 15 is 0 Å². The Balaban J connectivity index is 5.26. The second-order valence-corrected chi connectivity index (χ2v) is 6.49. The molecule has 28 heavy (non-hydrogen) atoms. The fourth-order valence-electron chi connectivity index (χ4n) is 1.85. The molecule has 3 amide bonds. The number of hydrogen-bond acceptors (Lipinski definition) is 9. The monoisotopic (exact) mass is 440 g/mol. The quantitative estimate of drug-likeness (QED) is 0.138. The number of carbonyl (C=O) groups excluding carboxylic acids is 3. The highest BCUT2D eigenvalue weighted by Crippen LogP contribution is 2.01. The first kappa shape index (κ1) is 26.0. The maximum Gasteiger partial charge on any atom is 0.328 e. The van der Waals surface area contributed by atoms with Gasteiger partial charge in [-0.15, -0.1) is 0 Å². The van der Waals surface area contributed by atoms with Crippen LogP contribution in [0.25, 0.3) is 0 Å². The lowest BCUT2D eigenvalue weighted by Gasteiger charge is -2.24. The van der Waals surface area contributed by atoms with Crippen molar-refractivity contribution in [1.82, 2.24) is 16.0 Å². The number of aliphatic carboxylic acids is 2. The van der Waals surface area contributed by atoms with Gasteiger partial charge in [-0.1, -0.05) is 0 Å². The summed E-state index contributed by atoms with van der Waals surface area (Å²) >= 11 is 7.77. The molecule has 12 nitrogen and oxygen atoms in total. The highest BCUT2D eigenvalue weighted by molar-refractivity contribution is 7.80. The summed E-state index contributed by atoms with van der Waals surface area (Å²) in [6.07, 6.45) is -2.34. The predicted octanol–water partition coefficient (Wildman–Crippen LogP) is -3.43. The standard InChI is InChI=1S/C14H24N4O8S2/c1-5(19)10(14(25)26)18-12(23)7(2-9(20)21)16-13(24)8(4-28)17-11(22)6(15)3-27/h5-8,10,19,27-28H,2-4,15H2,1H3,(H,16,24)(H,17,22)(H,18,23)(H,20,21)(H,25,26). The van der Waals surface area contributed by atoms with Crippen molar-refractivity contribution in [2.45, 2.75) is 43.6 Å². The van der Waals surface area contributed by atoms with Crippen LogP contribution in [0.15, 0.2) is 0 Å². The first-order valence-electron chi connectivity index (χ1n) is 7.95. The smallest absolute Gasteiger partial charge is 0.328 e. The van der Waals surface area contributed by atoms with Gasteiger partial charge in [0.25, 0.3) is 0 Å². The molecular formula is C14H24N4O8S2. The molecule has 0 aliphatic heterocycles. The Labute approximate surface area is 171 Å². The number of carboxylic acid groups (broad SMARTS) is 2. The number of thiol groups is 2. The van der Waals surface area contributed by atoms with E-state index in [-0.39, 0.29) is 11.5 Å². The minimum Gasteiger partial charge on any atom is -0.481 e. The molecule has 0 aliphatic rings. The number of amides is 3. The zero-order valence-corrected chi connectivity index (χ0v) is 16.7. The fraction of sp³-hybridized carbons (Fsp3) is 0.643. The van der Waals surface area contributed by atoms with Gasteiger partial charge in [-0.05, 0) is 6.92 Å². The van der Waals surface area contributed by atoms with Crippen molar-refractivity contribution in [3.05, 3.63) is 0 Å². The van der Waals surface area contributed by atoms with Crippen molar-refractivity contribution in [2.24, 2.45) is 5.73 Å². The van der Waals surface area contributed by atoms with Crippen LogP contribution in [-0.2, 0) is 24.0 Å². The molecule has 5 unspecified atom stereocenters. The molecule has 0 heterocycles. The van der Waals surface area contributed by atoms with Gasteiger partial charge < -0.3 is 37.0 Å². The normalized spacial score (nSPS) is 16.0. The maximum absolute atomic E-state index is 12.3. The van der Waals surface area contributed by atoms with Crippen molar-refractivity contribution >= 4 is 54.9 Å². The van der Waals surface area contributed by atoms with Gasteiger partial charge in [0, 0.05) is 11.5 Å². The van der Waals surface area contributed by atoms with Gasteiger partial charge in [-0.25, -0.2) is 4.79 Å². The van der Waals surface area contributed by atoms with Crippen LogP contribution in [0.4, 0.5) is 0 Å². The second-order valence-electron chi connectivity index (χ2n) is 5.76. The van der Waals surface area contributed by atoms with Crippen molar-refractivity contribution in [3.63, 3.8) is 0 Å². The average Bonchev–Trinajstić information content (AvgIpc) is 2.61. The first-order chi connectivity index (χ1) is 12.9. The number of hydrogen-bond donors (Lipinski definition) is 9. The Morgan fingerprint density at radius 3 is 1.79 bits per heavy atom. The molecule has 160 valence electrons. The summed E-state index contributed by atoms with van der Waals surface area (Å²) in [5, 5.41) is 33.7. The summed E-state index contributed by atoms with van der Waals surface area (Å²) in [4.78, 5) is 58.3. The van der Waals surface area contributed by atoms with Crippen molar-refractivity contribution in [2.75, 3.05) is 11.5 Å². The van der Waals surface area contributed by atoms with E-state index in [9.17, 15) is 29.1 Å². The van der Waals surface area contributed by atoms with Gasteiger partial charge in [-0.2, -0.15) is 25.3 Å². The Morgan fingerprint density at radius 2 is 1.39 bits per heavy atom. The zero-order valence-electron chi connectivity index (χ0n) is 14.9. The van der Waals surface area contributed by atoms with Gasteiger partial charge in [0.15, 0.2) is 6.04 Å². The van der Waals surface area contributed by atoms with E-state index in [2.05, 4.69) is 35.9 Å². The summed E-state index contributed by atoms with van der Waals surface area (Å²) in [7, 11) is 0. The van der Waals surface area contributed by atoms with Crippen LogP contribution in [-0.4, -0.2) is 86.8 Å². The molecule has 0 fully saturated rings. The molecule has 14 heteroatoms. The molecule has 0 radical (unpaired) electrons. The topological polar surface area (TPSA) is 208 Å². The van der Waals surface area contributed by atoms with E-state index in [0.717, 1.165) is 6.92 Å². The fourth-order valence-corrected chi connectivity index (χ4v) is 2.28. The highest BCUT2D eigenvalue weighted by atomic mass is 32.1. The number of carboxylic acids is 2. The van der Waals surface area contributed by atoms with E-state index in [0.29, 0.717) is 0 Å². The summed E-state index contributed by atoms with van der Waals surface area (Å²) in [5.74, 6) is -5.96. The minimum absolute atomic E-state index is 0.00666. The van der Waals surface area contributed by atoms with Crippen molar-refractivity contribution < 1.29 is 39.3 Å². The number of nitrogens with one attached hydrogen (secondary N) is 3. The summed E-state index contributed by atoms with van der Waals surface area (Å²) < 4.78 is 0. The molecule has 8 N–H and O–H groups in total. The summed E-state index contributed by atoms with van der Waals surface area (Å²) in [5.41, 5.74) is 5.48. The molecule has 0 saturated heterocycles. The number of carbonyl (C=O) groups is 5. The van der Waals surface area contributed by atoms with Crippen LogP contribution in [0.2, 0.25) is 0 Å². The third kappa shape index (κ3) is 8.77. The zero-order chi connectivity index (χ0) is 22.0. The SMILES string of the molecule is CC(O)C(NC(=O)C(CC(=O)O)NC(=O)C(CS)NC(=O)C(N)CS)C(=O)O. The first-order valence-corrected chi connectivity index (χ1v) is 9.22. The Morgan fingerprint density at radius 1 is 0.893 bits per heavy atom. The Kier molecular flexibility index (Phi) is 11.5. The van der Waals surface area contributed by atoms with E-state index in [1.807, 2.05) is 5.32 Å². The van der Waals surface area contributed by atoms with E-state index in [1.165, 1.54) is 0 Å². The van der Waals surface area contributed by atoms with Crippen LogP contribution >= 0.6 is 25.3 Å². The molecule has 0 rings (SSSR count). The largest absolute Gasteiger partial charge is 0.481 e. The van der Waals surface area contributed by atoms with Crippen LogP contribution in [0.1, 0.15) is 13.3 Å².